The van der Waals surface area contributed by atoms with Gasteiger partial charge in [-0.25, -0.2) is 0 Å². The monoisotopic (exact) mass is 314 g/mol. The number of likely N-dealkylation sites (tertiary alicyclic amines) is 1. The number of rotatable bonds is 10. The van der Waals surface area contributed by atoms with Crippen molar-refractivity contribution < 1.29 is 19.2 Å². The van der Waals surface area contributed by atoms with Crippen LogP contribution in [-0.2, 0) is 19.2 Å². The summed E-state index contributed by atoms with van der Waals surface area (Å²) in [7, 11) is 0. The molecule has 1 aliphatic heterocycles. The molecule has 1 unspecified atom stereocenters. The summed E-state index contributed by atoms with van der Waals surface area (Å²) in [6, 6.07) is 0. The van der Waals surface area contributed by atoms with Gasteiger partial charge >= 0.3 is 0 Å². The number of hydrogen-bond acceptors (Lipinski definition) is 5. The summed E-state index contributed by atoms with van der Waals surface area (Å²) in [6.07, 6.45) is 3.38. The van der Waals surface area contributed by atoms with E-state index in [0.717, 1.165) is 17.7 Å². The average Bonchev–Trinajstić information content (AvgIpc) is 2.72. The molecule has 0 aromatic heterocycles. The Labute approximate surface area is 129 Å². The van der Waals surface area contributed by atoms with E-state index in [4.69, 9.17) is 0 Å². The van der Waals surface area contributed by atoms with Gasteiger partial charge in [0.15, 0.2) is 0 Å². The fourth-order valence-electron chi connectivity index (χ4n) is 1.99. The second-order valence-electron chi connectivity index (χ2n) is 4.86. The molecule has 0 spiro atoms. The van der Waals surface area contributed by atoms with Crippen LogP contribution in [0.2, 0.25) is 0 Å². The van der Waals surface area contributed by atoms with Gasteiger partial charge in [-0.1, -0.05) is 13.3 Å². The standard InChI is InChI=1S/C14H22N2O4S/c1-2-3-6-15-12(18)5-9-21-11-10-13(19)16(14(11)20)7-4-8-17/h8,11H,2-7,9-10H2,1H3,(H,15,18). The zero-order chi connectivity index (χ0) is 15.7. The van der Waals surface area contributed by atoms with Gasteiger partial charge < -0.3 is 10.1 Å². The van der Waals surface area contributed by atoms with E-state index in [0.29, 0.717) is 25.0 Å². The summed E-state index contributed by atoms with van der Waals surface area (Å²) in [5, 5.41) is 2.40. The van der Waals surface area contributed by atoms with Crippen LogP contribution in [0, 0.1) is 0 Å². The molecule has 1 fully saturated rings. The Hall–Kier alpha value is -1.37. The maximum atomic E-state index is 12.0. The number of nitrogens with one attached hydrogen (secondary N) is 1. The molecule has 0 aromatic rings. The number of carbonyl (C=O) groups excluding carboxylic acids is 4. The van der Waals surface area contributed by atoms with Crippen LogP contribution in [0.25, 0.3) is 0 Å². The lowest BCUT2D eigenvalue weighted by Crippen LogP contribution is -2.32. The van der Waals surface area contributed by atoms with Gasteiger partial charge in [-0.2, -0.15) is 0 Å². The second-order valence-corrected chi connectivity index (χ2v) is 6.17. The van der Waals surface area contributed by atoms with Crippen molar-refractivity contribution in [2.75, 3.05) is 18.8 Å². The van der Waals surface area contributed by atoms with E-state index < -0.39 is 5.25 Å². The van der Waals surface area contributed by atoms with Crippen molar-refractivity contribution in [1.82, 2.24) is 10.2 Å². The van der Waals surface area contributed by atoms with E-state index in [2.05, 4.69) is 12.2 Å². The first-order valence-electron chi connectivity index (χ1n) is 7.26. The molecule has 1 aliphatic rings. The zero-order valence-electron chi connectivity index (χ0n) is 12.3. The zero-order valence-corrected chi connectivity index (χ0v) is 13.1. The van der Waals surface area contributed by atoms with E-state index in [-0.39, 0.29) is 37.1 Å². The third kappa shape index (κ3) is 5.87. The molecule has 21 heavy (non-hydrogen) atoms. The summed E-state index contributed by atoms with van der Waals surface area (Å²) in [4.78, 5) is 46.6. The highest BCUT2D eigenvalue weighted by Gasteiger charge is 2.38. The van der Waals surface area contributed by atoms with Gasteiger partial charge in [-0.3, -0.25) is 19.3 Å². The molecule has 0 bridgehead atoms. The molecule has 6 nitrogen and oxygen atoms in total. The number of aldehydes is 1. The molecular weight excluding hydrogens is 292 g/mol. The lowest BCUT2D eigenvalue weighted by atomic mass is 10.3. The maximum absolute atomic E-state index is 12.0. The topological polar surface area (TPSA) is 83.6 Å². The predicted octanol–water partition coefficient (Wildman–Crippen LogP) is 0.742. The van der Waals surface area contributed by atoms with Crippen molar-refractivity contribution in [2.24, 2.45) is 0 Å². The van der Waals surface area contributed by atoms with Gasteiger partial charge in [0, 0.05) is 38.1 Å². The molecule has 1 saturated heterocycles. The van der Waals surface area contributed by atoms with Crippen molar-refractivity contribution in [3.63, 3.8) is 0 Å². The highest BCUT2D eigenvalue weighted by Crippen LogP contribution is 2.25. The number of imide groups is 1. The smallest absolute Gasteiger partial charge is 0.242 e. The van der Waals surface area contributed by atoms with E-state index >= 15 is 0 Å². The lowest BCUT2D eigenvalue weighted by molar-refractivity contribution is -0.138. The molecule has 7 heteroatoms. The fraction of sp³-hybridized carbons (Fsp3) is 0.714. The highest BCUT2D eigenvalue weighted by molar-refractivity contribution is 8.00. The van der Waals surface area contributed by atoms with Crippen LogP contribution in [0.5, 0.6) is 0 Å². The predicted molar refractivity (Wildman–Crippen MR) is 80.8 cm³/mol. The minimum absolute atomic E-state index is 0.0227. The van der Waals surface area contributed by atoms with Crippen LogP contribution in [0.3, 0.4) is 0 Å². The first-order chi connectivity index (χ1) is 10.1. The number of carbonyl (C=O) groups is 4. The average molecular weight is 314 g/mol. The number of nitrogens with zero attached hydrogens (tertiary/aromatic N) is 1. The van der Waals surface area contributed by atoms with Crippen molar-refractivity contribution >= 4 is 35.8 Å². The Morgan fingerprint density at radius 2 is 2.24 bits per heavy atom. The van der Waals surface area contributed by atoms with Gasteiger partial charge in [-0.05, 0) is 6.42 Å². The van der Waals surface area contributed by atoms with E-state index in [1.807, 2.05) is 0 Å². The molecule has 118 valence electrons. The Kier molecular flexibility index (Phi) is 8.04. The molecule has 1 N–H and O–H groups in total. The van der Waals surface area contributed by atoms with Crippen LogP contribution in [0.4, 0.5) is 0 Å². The van der Waals surface area contributed by atoms with Gasteiger partial charge in [0.1, 0.15) is 6.29 Å². The normalized spacial score (nSPS) is 18.1. The SMILES string of the molecule is CCCCNC(=O)CCSC1CC(=O)N(CCC=O)C1=O. The third-order valence-electron chi connectivity index (χ3n) is 3.17. The molecular formula is C14H22N2O4S. The maximum Gasteiger partial charge on any atom is 0.242 e. The van der Waals surface area contributed by atoms with Gasteiger partial charge in [0.05, 0.1) is 5.25 Å². The number of hydrogen-bond donors (Lipinski definition) is 1. The van der Waals surface area contributed by atoms with Crippen LogP contribution in [-0.4, -0.2) is 53.0 Å². The second kappa shape index (κ2) is 9.55. The summed E-state index contributed by atoms with van der Waals surface area (Å²) in [5.74, 6) is 0.0268. The van der Waals surface area contributed by atoms with Crippen LogP contribution in [0.15, 0.2) is 0 Å². The molecule has 3 amide bonds. The van der Waals surface area contributed by atoms with Gasteiger partial charge in [0.2, 0.25) is 17.7 Å². The Morgan fingerprint density at radius 3 is 2.90 bits per heavy atom. The largest absolute Gasteiger partial charge is 0.356 e. The van der Waals surface area contributed by atoms with E-state index in [1.165, 1.54) is 11.8 Å². The Morgan fingerprint density at radius 1 is 1.48 bits per heavy atom. The van der Waals surface area contributed by atoms with Crippen molar-refractivity contribution in [3.05, 3.63) is 0 Å². The van der Waals surface area contributed by atoms with Crippen molar-refractivity contribution in [1.29, 1.82) is 0 Å². The van der Waals surface area contributed by atoms with E-state index in [1.54, 1.807) is 0 Å². The summed E-state index contributed by atoms with van der Waals surface area (Å²) >= 11 is 1.34. The fourth-order valence-corrected chi connectivity index (χ4v) is 3.10. The van der Waals surface area contributed by atoms with Crippen molar-refractivity contribution in [3.8, 4) is 0 Å². The van der Waals surface area contributed by atoms with E-state index in [9.17, 15) is 19.2 Å². The van der Waals surface area contributed by atoms with Gasteiger partial charge in [0.25, 0.3) is 0 Å². The third-order valence-corrected chi connectivity index (χ3v) is 4.38. The molecule has 0 aromatic carbocycles. The number of amides is 3. The minimum atomic E-state index is -0.410. The molecule has 0 aliphatic carbocycles. The first kappa shape index (κ1) is 17.7. The summed E-state index contributed by atoms with van der Waals surface area (Å²) < 4.78 is 0. The van der Waals surface area contributed by atoms with Gasteiger partial charge in [-0.15, -0.1) is 11.8 Å². The number of unbranched alkanes of at least 4 members (excludes halogenated alkanes) is 1. The van der Waals surface area contributed by atoms with Crippen LogP contribution in [0.1, 0.15) is 39.0 Å². The highest BCUT2D eigenvalue weighted by atomic mass is 32.2. The molecule has 1 atom stereocenters. The molecule has 0 saturated carbocycles. The van der Waals surface area contributed by atoms with Crippen molar-refractivity contribution in [2.45, 2.75) is 44.3 Å². The van der Waals surface area contributed by atoms with Crippen LogP contribution >= 0.6 is 11.8 Å². The lowest BCUT2D eigenvalue weighted by Gasteiger charge is -2.12. The van der Waals surface area contributed by atoms with Crippen LogP contribution < -0.4 is 5.32 Å². The summed E-state index contributed by atoms with van der Waals surface area (Å²) in [5.41, 5.74) is 0. The molecule has 1 heterocycles. The molecule has 1 rings (SSSR count). The number of thioether (sulfide) groups is 1. The molecule has 0 radical (unpaired) electrons. The summed E-state index contributed by atoms with van der Waals surface area (Å²) in [6.45, 7) is 2.90. The first-order valence-corrected chi connectivity index (χ1v) is 8.31. The minimum Gasteiger partial charge on any atom is -0.356 e. The Bertz CT molecular complexity index is 400. The quantitative estimate of drug-likeness (QED) is 0.365. The Balaban J connectivity index is 2.26.